The van der Waals surface area contributed by atoms with E-state index >= 15 is 0 Å². The van der Waals surface area contributed by atoms with Gasteiger partial charge in [0.15, 0.2) is 0 Å². The molecule has 0 aliphatic carbocycles. The smallest absolute Gasteiger partial charge is 0.255 e. The van der Waals surface area contributed by atoms with Gasteiger partial charge in [0.1, 0.15) is 0 Å². The van der Waals surface area contributed by atoms with Gasteiger partial charge in [-0.3, -0.25) is 4.79 Å². The van der Waals surface area contributed by atoms with Crippen LogP contribution in [0, 0.1) is 6.92 Å². The molecule has 0 saturated heterocycles. The Balaban J connectivity index is 2.16. The minimum Gasteiger partial charge on any atom is -0.322 e. The second-order valence-electron chi connectivity index (χ2n) is 5.29. The van der Waals surface area contributed by atoms with Crippen LogP contribution in [0.3, 0.4) is 0 Å². The van der Waals surface area contributed by atoms with Crippen molar-refractivity contribution < 1.29 is 13.2 Å². The average Bonchev–Trinajstić information content (AvgIpc) is 2.57. The molecular weight excluding hydrogens is 348 g/mol. The first-order valence-electron chi connectivity index (χ1n) is 7.51. The van der Waals surface area contributed by atoms with E-state index in [4.69, 9.17) is 11.6 Å². The molecule has 0 saturated carbocycles. The molecule has 2 N–H and O–H groups in total. The van der Waals surface area contributed by atoms with Crippen LogP contribution in [0.5, 0.6) is 0 Å². The third-order valence-corrected chi connectivity index (χ3v) is 5.37. The van der Waals surface area contributed by atoms with Crippen molar-refractivity contribution in [3.63, 3.8) is 0 Å². The number of carbonyl (C=O) groups is 1. The first-order valence-corrected chi connectivity index (χ1v) is 9.37. The number of sulfonamides is 1. The van der Waals surface area contributed by atoms with Gasteiger partial charge < -0.3 is 5.32 Å². The zero-order valence-corrected chi connectivity index (χ0v) is 15.0. The summed E-state index contributed by atoms with van der Waals surface area (Å²) in [4.78, 5) is 12.4. The molecule has 0 radical (unpaired) electrons. The van der Waals surface area contributed by atoms with Gasteiger partial charge in [0, 0.05) is 22.8 Å². The number of anilines is 1. The van der Waals surface area contributed by atoms with E-state index in [0.29, 0.717) is 29.2 Å². The van der Waals surface area contributed by atoms with E-state index in [2.05, 4.69) is 10.0 Å². The van der Waals surface area contributed by atoms with Crippen LogP contribution >= 0.6 is 11.6 Å². The number of rotatable bonds is 6. The Morgan fingerprint density at radius 1 is 1.12 bits per heavy atom. The standard InChI is InChI=1S/C17H19ClN2O3S/c1-3-11-19-24(22,23)14-9-7-13(8-10-14)17(21)20-16-6-4-5-15(18)12(16)2/h4-10,19H,3,11H2,1-2H3,(H,20,21). The van der Waals surface area contributed by atoms with Crippen molar-refractivity contribution in [2.24, 2.45) is 0 Å². The molecule has 0 aliphatic heterocycles. The summed E-state index contributed by atoms with van der Waals surface area (Å²) in [6.45, 7) is 4.07. The first kappa shape index (κ1) is 18.4. The van der Waals surface area contributed by atoms with Crippen molar-refractivity contribution in [2.75, 3.05) is 11.9 Å². The molecule has 0 fully saturated rings. The maximum atomic E-state index is 12.3. The second kappa shape index (κ2) is 7.79. The second-order valence-corrected chi connectivity index (χ2v) is 7.46. The molecular formula is C17H19ClN2O3S. The van der Waals surface area contributed by atoms with Crippen molar-refractivity contribution in [3.8, 4) is 0 Å². The quantitative estimate of drug-likeness (QED) is 0.820. The highest BCUT2D eigenvalue weighted by Crippen LogP contribution is 2.23. The summed E-state index contributed by atoms with van der Waals surface area (Å²) in [5.74, 6) is -0.328. The van der Waals surface area contributed by atoms with E-state index in [1.54, 1.807) is 18.2 Å². The third kappa shape index (κ3) is 4.35. The van der Waals surface area contributed by atoms with Gasteiger partial charge >= 0.3 is 0 Å². The van der Waals surface area contributed by atoms with Gasteiger partial charge in [0.2, 0.25) is 10.0 Å². The lowest BCUT2D eigenvalue weighted by atomic mass is 10.1. The van der Waals surface area contributed by atoms with Gasteiger partial charge in [-0.25, -0.2) is 13.1 Å². The zero-order chi connectivity index (χ0) is 17.7. The van der Waals surface area contributed by atoms with Crippen LogP contribution < -0.4 is 10.0 Å². The van der Waals surface area contributed by atoms with Crippen LogP contribution in [-0.4, -0.2) is 20.9 Å². The SMILES string of the molecule is CCCNS(=O)(=O)c1ccc(C(=O)Nc2cccc(Cl)c2C)cc1. The van der Waals surface area contributed by atoms with Crippen LogP contribution in [-0.2, 0) is 10.0 Å². The highest BCUT2D eigenvalue weighted by atomic mass is 35.5. The van der Waals surface area contributed by atoms with Crippen LogP contribution in [0.4, 0.5) is 5.69 Å². The fourth-order valence-corrected chi connectivity index (χ4v) is 3.35. The Morgan fingerprint density at radius 3 is 2.42 bits per heavy atom. The number of halogens is 1. The topological polar surface area (TPSA) is 75.3 Å². The summed E-state index contributed by atoms with van der Waals surface area (Å²) in [5, 5.41) is 3.34. The Bertz CT molecular complexity index is 833. The van der Waals surface area contributed by atoms with Gasteiger partial charge in [0.25, 0.3) is 5.91 Å². The van der Waals surface area contributed by atoms with E-state index in [9.17, 15) is 13.2 Å². The van der Waals surface area contributed by atoms with Crippen molar-refractivity contribution >= 4 is 33.2 Å². The molecule has 7 heteroatoms. The van der Waals surface area contributed by atoms with Crippen LogP contribution in [0.15, 0.2) is 47.4 Å². The van der Waals surface area contributed by atoms with Crippen molar-refractivity contribution in [3.05, 3.63) is 58.6 Å². The summed E-state index contributed by atoms with van der Waals surface area (Å²) in [7, 11) is -3.54. The van der Waals surface area contributed by atoms with Crippen LogP contribution in [0.25, 0.3) is 0 Å². The summed E-state index contributed by atoms with van der Waals surface area (Å²) < 4.78 is 26.5. The van der Waals surface area contributed by atoms with E-state index in [-0.39, 0.29) is 10.8 Å². The number of hydrogen-bond acceptors (Lipinski definition) is 3. The average molecular weight is 367 g/mol. The van der Waals surface area contributed by atoms with Gasteiger partial charge in [-0.2, -0.15) is 0 Å². The van der Waals surface area contributed by atoms with Crippen LogP contribution in [0.2, 0.25) is 5.02 Å². The molecule has 2 aromatic carbocycles. The molecule has 2 rings (SSSR count). The van der Waals surface area contributed by atoms with Crippen molar-refractivity contribution in [1.29, 1.82) is 0 Å². The fraction of sp³-hybridized carbons (Fsp3) is 0.235. The van der Waals surface area contributed by atoms with Crippen molar-refractivity contribution in [2.45, 2.75) is 25.2 Å². The molecule has 5 nitrogen and oxygen atoms in total. The predicted molar refractivity (Wildman–Crippen MR) is 96.1 cm³/mol. The zero-order valence-electron chi connectivity index (χ0n) is 13.5. The molecule has 1 amide bonds. The van der Waals surface area contributed by atoms with Crippen molar-refractivity contribution in [1.82, 2.24) is 4.72 Å². The number of carbonyl (C=O) groups excluding carboxylic acids is 1. The molecule has 2 aromatic rings. The summed E-state index contributed by atoms with van der Waals surface area (Å²) in [6, 6.07) is 11.0. The summed E-state index contributed by atoms with van der Waals surface area (Å²) in [6.07, 6.45) is 0.707. The van der Waals surface area contributed by atoms with E-state index in [0.717, 1.165) is 5.56 Å². The monoisotopic (exact) mass is 366 g/mol. The normalized spacial score (nSPS) is 11.3. The molecule has 0 unspecified atom stereocenters. The van der Waals surface area contributed by atoms with Gasteiger partial charge in [-0.05, 0) is 55.3 Å². The molecule has 0 spiro atoms. The highest BCUT2D eigenvalue weighted by molar-refractivity contribution is 7.89. The predicted octanol–water partition coefficient (Wildman–Crippen LogP) is 3.59. The molecule has 0 atom stereocenters. The van der Waals surface area contributed by atoms with Crippen LogP contribution in [0.1, 0.15) is 29.3 Å². The number of benzene rings is 2. The molecule has 0 aromatic heterocycles. The Hall–Kier alpha value is -1.89. The maximum absolute atomic E-state index is 12.3. The third-order valence-electron chi connectivity index (χ3n) is 3.48. The Kier molecular flexibility index (Phi) is 5.99. The van der Waals surface area contributed by atoms with E-state index < -0.39 is 10.0 Å². The Labute approximate surface area is 147 Å². The molecule has 0 aliphatic rings. The Morgan fingerprint density at radius 2 is 1.79 bits per heavy atom. The molecule has 128 valence electrons. The lowest BCUT2D eigenvalue weighted by Crippen LogP contribution is -2.24. The van der Waals surface area contributed by atoms with Gasteiger partial charge in [0.05, 0.1) is 4.90 Å². The first-order chi connectivity index (χ1) is 11.3. The molecule has 24 heavy (non-hydrogen) atoms. The minimum atomic E-state index is -3.54. The minimum absolute atomic E-state index is 0.131. The number of nitrogens with one attached hydrogen (secondary N) is 2. The maximum Gasteiger partial charge on any atom is 0.255 e. The highest BCUT2D eigenvalue weighted by Gasteiger charge is 2.14. The fourth-order valence-electron chi connectivity index (χ4n) is 2.04. The van der Waals surface area contributed by atoms with E-state index in [1.807, 2.05) is 13.8 Å². The van der Waals surface area contributed by atoms with Gasteiger partial charge in [-0.1, -0.05) is 24.6 Å². The number of hydrogen-bond donors (Lipinski definition) is 2. The lowest BCUT2D eigenvalue weighted by Gasteiger charge is -2.10. The van der Waals surface area contributed by atoms with E-state index in [1.165, 1.54) is 24.3 Å². The number of amides is 1. The lowest BCUT2D eigenvalue weighted by molar-refractivity contribution is 0.102. The summed E-state index contributed by atoms with van der Waals surface area (Å²) >= 11 is 6.03. The van der Waals surface area contributed by atoms with Gasteiger partial charge in [-0.15, -0.1) is 0 Å². The molecule has 0 heterocycles. The largest absolute Gasteiger partial charge is 0.322 e. The summed E-state index contributed by atoms with van der Waals surface area (Å²) in [5.41, 5.74) is 1.76. The molecule has 0 bridgehead atoms.